The number of nitrogens with one attached hydrogen (secondary N) is 1. The second-order valence-electron chi connectivity index (χ2n) is 10.7. The van der Waals surface area contributed by atoms with Crippen LogP contribution in [0.3, 0.4) is 0 Å². The quantitative estimate of drug-likeness (QED) is 0.491. The molecule has 3 aromatic rings. The molecule has 7 rings (SSSR count). The van der Waals surface area contributed by atoms with Gasteiger partial charge in [-0.2, -0.15) is 18.2 Å². The van der Waals surface area contributed by atoms with E-state index in [1.807, 2.05) is 16.8 Å². The molecule has 4 aliphatic rings. The lowest BCUT2D eigenvalue weighted by Crippen LogP contribution is -2.47. The number of fused-ring (bicyclic) bond motifs is 1. The van der Waals surface area contributed by atoms with Crippen molar-refractivity contribution in [3.63, 3.8) is 0 Å². The van der Waals surface area contributed by atoms with Crippen molar-refractivity contribution in [2.45, 2.75) is 50.4 Å². The van der Waals surface area contributed by atoms with E-state index in [-0.39, 0.29) is 17.4 Å². The van der Waals surface area contributed by atoms with E-state index >= 15 is 0 Å². The maximum Gasteiger partial charge on any atom is 0.433 e. The Morgan fingerprint density at radius 1 is 1.08 bits per heavy atom. The van der Waals surface area contributed by atoms with Gasteiger partial charge in [-0.1, -0.05) is 30.2 Å². The maximum atomic E-state index is 13.2. The summed E-state index contributed by atoms with van der Waals surface area (Å²) >= 11 is 6.11. The van der Waals surface area contributed by atoms with Gasteiger partial charge in [-0.3, -0.25) is 4.98 Å². The van der Waals surface area contributed by atoms with E-state index in [0.717, 1.165) is 56.2 Å². The standard InChI is InChI=1S/C26H26ClF3N6/c27-16-6-4-15(5-7-16)18-3-1-2-10-36-23(18)33-24(34-36)32-22-19-12-25(19)14-35(13-20(22)25)17-8-9-31-21(11-17)26(28,29)30/h4-9,11,18-20,22H,1-3,10,12-14H2,(H,32,34)/t18?,19?,20-,22+,25?/m0/s1. The van der Waals surface area contributed by atoms with Gasteiger partial charge in [0, 0.05) is 54.4 Å². The van der Waals surface area contributed by atoms with E-state index in [4.69, 9.17) is 21.7 Å². The van der Waals surface area contributed by atoms with Gasteiger partial charge in [0.2, 0.25) is 5.95 Å². The first-order valence-corrected chi connectivity index (χ1v) is 12.9. The van der Waals surface area contributed by atoms with E-state index in [1.165, 1.54) is 17.8 Å². The van der Waals surface area contributed by atoms with Crippen LogP contribution in [0.1, 0.15) is 48.7 Å². The van der Waals surface area contributed by atoms with Crippen molar-refractivity contribution in [3.8, 4) is 0 Å². The lowest BCUT2D eigenvalue weighted by Gasteiger charge is -2.38. The molecular formula is C26H26ClF3N6. The lowest BCUT2D eigenvalue weighted by atomic mass is 9.71. The molecule has 2 aromatic heterocycles. The number of hydrogen-bond donors (Lipinski definition) is 1. The van der Waals surface area contributed by atoms with Crippen molar-refractivity contribution in [1.82, 2.24) is 19.7 Å². The molecular weight excluding hydrogens is 489 g/mol. The molecule has 6 nitrogen and oxygen atoms in total. The number of rotatable bonds is 4. The Morgan fingerprint density at radius 3 is 2.72 bits per heavy atom. The molecule has 36 heavy (non-hydrogen) atoms. The van der Waals surface area contributed by atoms with Crippen LogP contribution in [0.25, 0.3) is 0 Å². The first kappa shape index (κ1) is 22.4. The zero-order valence-corrected chi connectivity index (χ0v) is 20.3. The fourth-order valence-corrected chi connectivity index (χ4v) is 7.06. The van der Waals surface area contributed by atoms with E-state index in [2.05, 4.69) is 27.3 Å². The van der Waals surface area contributed by atoms with Crippen LogP contribution in [0.15, 0.2) is 42.6 Å². The van der Waals surface area contributed by atoms with Gasteiger partial charge >= 0.3 is 6.18 Å². The fourth-order valence-electron chi connectivity index (χ4n) is 6.94. The van der Waals surface area contributed by atoms with Crippen molar-refractivity contribution in [2.75, 3.05) is 23.3 Å². The Hall–Kier alpha value is -2.81. The monoisotopic (exact) mass is 514 g/mol. The normalized spacial score (nSPS) is 30.6. The summed E-state index contributed by atoms with van der Waals surface area (Å²) < 4.78 is 41.6. The number of pyridine rings is 1. The molecule has 5 atom stereocenters. The molecule has 3 unspecified atom stereocenters. The van der Waals surface area contributed by atoms with Crippen molar-refractivity contribution in [2.24, 2.45) is 17.3 Å². The number of benzene rings is 1. The zero-order valence-electron chi connectivity index (χ0n) is 19.5. The summed E-state index contributed by atoms with van der Waals surface area (Å²) in [5, 5.41) is 9.17. The SMILES string of the molecule is FC(F)(F)c1cc(N2C[C@H]3[C@H](Nc4nc5n(n4)CCCCC5c4ccc(Cl)cc4)C4CC43C2)ccn1. The van der Waals surface area contributed by atoms with Gasteiger partial charge in [-0.05, 0) is 60.4 Å². The van der Waals surface area contributed by atoms with Crippen molar-refractivity contribution < 1.29 is 13.2 Å². The largest absolute Gasteiger partial charge is 0.433 e. The number of alkyl halides is 3. The molecule has 188 valence electrons. The number of aryl methyl sites for hydroxylation is 1. The van der Waals surface area contributed by atoms with E-state index in [9.17, 15) is 13.2 Å². The summed E-state index contributed by atoms with van der Waals surface area (Å²) in [7, 11) is 0. The van der Waals surface area contributed by atoms with Crippen LogP contribution in [0.2, 0.25) is 5.02 Å². The van der Waals surface area contributed by atoms with Gasteiger partial charge in [0.1, 0.15) is 11.5 Å². The number of halogens is 4. The van der Waals surface area contributed by atoms with E-state index < -0.39 is 11.9 Å². The molecule has 1 saturated heterocycles. The average molecular weight is 515 g/mol. The number of anilines is 2. The van der Waals surface area contributed by atoms with Crippen molar-refractivity contribution in [1.29, 1.82) is 0 Å². The van der Waals surface area contributed by atoms with Crippen molar-refractivity contribution >= 4 is 23.2 Å². The third kappa shape index (κ3) is 3.49. The molecule has 1 N–H and O–H groups in total. The molecule has 0 bridgehead atoms. The summed E-state index contributed by atoms with van der Waals surface area (Å²) in [5.41, 5.74) is 1.18. The molecule has 1 aromatic carbocycles. The maximum absolute atomic E-state index is 13.2. The molecule has 4 heterocycles. The Balaban J connectivity index is 1.09. The summed E-state index contributed by atoms with van der Waals surface area (Å²) in [5.74, 6) is 2.74. The minimum absolute atomic E-state index is 0.186. The summed E-state index contributed by atoms with van der Waals surface area (Å²) in [6.07, 6.45) is 1.14. The van der Waals surface area contributed by atoms with Crippen LogP contribution in [-0.2, 0) is 12.7 Å². The second-order valence-corrected chi connectivity index (χ2v) is 11.2. The zero-order chi connectivity index (χ0) is 24.7. The van der Waals surface area contributed by atoms with Crippen molar-refractivity contribution in [3.05, 3.63) is 64.7 Å². The molecule has 0 amide bonds. The highest BCUT2D eigenvalue weighted by Crippen LogP contribution is 2.74. The van der Waals surface area contributed by atoms with Gasteiger partial charge < -0.3 is 10.2 Å². The van der Waals surface area contributed by atoms with Gasteiger partial charge in [0.05, 0.1) is 0 Å². The van der Waals surface area contributed by atoms with E-state index in [0.29, 0.717) is 23.5 Å². The van der Waals surface area contributed by atoms with Crippen LogP contribution in [0, 0.1) is 17.3 Å². The van der Waals surface area contributed by atoms with Gasteiger partial charge in [-0.15, -0.1) is 5.10 Å². The Labute approximate surface area is 211 Å². The molecule has 0 radical (unpaired) electrons. The number of aromatic nitrogens is 4. The molecule has 2 aliphatic carbocycles. The minimum Gasteiger partial charge on any atom is -0.370 e. The lowest BCUT2D eigenvalue weighted by molar-refractivity contribution is -0.141. The van der Waals surface area contributed by atoms with Crippen LogP contribution >= 0.6 is 11.6 Å². The smallest absolute Gasteiger partial charge is 0.370 e. The Bertz CT molecular complexity index is 1310. The summed E-state index contributed by atoms with van der Waals surface area (Å²) in [6, 6.07) is 11.1. The average Bonchev–Trinajstić information content (AvgIpc) is 3.21. The Kier molecular flexibility index (Phi) is 4.88. The van der Waals surface area contributed by atoms with Crippen LogP contribution in [-0.4, -0.2) is 38.9 Å². The van der Waals surface area contributed by atoms with Crippen LogP contribution in [0.4, 0.5) is 24.8 Å². The number of hydrogen-bond acceptors (Lipinski definition) is 5. The fraction of sp³-hybridized carbons (Fsp3) is 0.500. The van der Waals surface area contributed by atoms with Gasteiger partial charge in [0.25, 0.3) is 0 Å². The van der Waals surface area contributed by atoms with E-state index in [1.54, 1.807) is 6.07 Å². The van der Waals surface area contributed by atoms with Gasteiger partial charge in [0.15, 0.2) is 0 Å². The first-order valence-electron chi connectivity index (χ1n) is 12.6. The summed E-state index contributed by atoms with van der Waals surface area (Å²) in [4.78, 5) is 10.6. The predicted octanol–water partition coefficient (Wildman–Crippen LogP) is 5.60. The third-order valence-electron chi connectivity index (χ3n) is 8.78. The molecule has 2 saturated carbocycles. The topological polar surface area (TPSA) is 58.9 Å². The second kappa shape index (κ2) is 7.84. The first-order chi connectivity index (χ1) is 17.3. The number of nitrogens with zero attached hydrogens (tertiary/aromatic N) is 5. The highest BCUT2D eigenvalue weighted by atomic mass is 35.5. The van der Waals surface area contributed by atoms with Crippen LogP contribution in [0.5, 0.6) is 0 Å². The highest BCUT2D eigenvalue weighted by molar-refractivity contribution is 6.30. The van der Waals surface area contributed by atoms with Crippen LogP contribution < -0.4 is 10.2 Å². The third-order valence-corrected chi connectivity index (χ3v) is 9.03. The molecule has 10 heteroatoms. The minimum atomic E-state index is -4.44. The predicted molar refractivity (Wildman–Crippen MR) is 130 cm³/mol. The summed E-state index contributed by atoms with van der Waals surface area (Å²) in [6.45, 7) is 2.39. The van der Waals surface area contributed by atoms with Gasteiger partial charge in [-0.25, -0.2) is 4.68 Å². The highest BCUT2D eigenvalue weighted by Gasteiger charge is 2.76. The molecule has 3 fully saturated rings. The molecule has 1 spiro atoms. The molecule has 2 aliphatic heterocycles. The Morgan fingerprint density at radius 2 is 1.92 bits per heavy atom.